The van der Waals surface area contributed by atoms with E-state index in [9.17, 15) is 0 Å². The van der Waals surface area contributed by atoms with E-state index in [1.165, 1.54) is 11.6 Å². The first kappa shape index (κ1) is 24.5. The molecular formula is C16H30AuN6S2+. The molecule has 0 saturated heterocycles. The molecule has 0 bridgehead atoms. The number of aryl methyl sites for hydroxylation is 2. The number of rotatable bonds is 6. The summed E-state index contributed by atoms with van der Waals surface area (Å²) < 4.78 is 8.12. The minimum atomic E-state index is 0. The van der Waals surface area contributed by atoms with Gasteiger partial charge in [-0.2, -0.15) is 0 Å². The molecule has 0 aromatic carbocycles. The summed E-state index contributed by atoms with van der Waals surface area (Å²) in [6, 6.07) is 0. The summed E-state index contributed by atoms with van der Waals surface area (Å²) in [7, 11) is 0. The van der Waals surface area contributed by atoms with Crippen LogP contribution in [0.3, 0.4) is 0 Å². The maximum atomic E-state index is 5.12. The standard InChI is InChI=1S/2C8H15N3S.Au/c2*1-4-7-10(5-2)8(12)9-11(7)6-3;/h2*4-6H2,1-3H3;/q;;+1. The minimum Gasteiger partial charge on any atom is -0.703 e. The van der Waals surface area contributed by atoms with E-state index in [0.717, 1.165) is 39.0 Å². The van der Waals surface area contributed by atoms with Crippen LogP contribution in [0, 0.1) is 0 Å². The van der Waals surface area contributed by atoms with E-state index in [4.69, 9.17) is 25.3 Å². The molecular weight excluding hydrogens is 537 g/mol. The summed E-state index contributed by atoms with van der Waals surface area (Å²) >= 11 is 10.2. The average molecular weight is 568 g/mol. The molecule has 2 aromatic heterocycles. The second-order valence-electron chi connectivity index (χ2n) is 5.22. The molecule has 9 heteroatoms. The van der Waals surface area contributed by atoms with Crippen LogP contribution in [0.25, 0.3) is 0 Å². The van der Waals surface area contributed by atoms with Crippen LogP contribution in [-0.2, 0) is 86.7 Å². The minimum absolute atomic E-state index is 0. The van der Waals surface area contributed by atoms with Crippen molar-refractivity contribution >= 4 is 25.3 Å². The zero-order chi connectivity index (χ0) is 18.3. The van der Waals surface area contributed by atoms with Crippen molar-refractivity contribution in [1.29, 1.82) is 0 Å². The van der Waals surface area contributed by atoms with Crippen molar-refractivity contribution in [1.82, 2.24) is 19.6 Å². The predicted molar refractivity (Wildman–Crippen MR) is 97.6 cm³/mol. The van der Waals surface area contributed by atoms with Gasteiger partial charge in [0.1, 0.15) is 13.1 Å². The molecule has 0 aliphatic rings. The van der Waals surface area contributed by atoms with Gasteiger partial charge >= 0.3 is 22.4 Å². The van der Waals surface area contributed by atoms with E-state index < -0.39 is 0 Å². The Morgan fingerprint density at radius 2 is 1.04 bits per heavy atom. The zero-order valence-corrected chi connectivity index (χ0v) is 19.8. The fourth-order valence-electron chi connectivity index (χ4n) is 2.82. The molecule has 0 N–H and O–H groups in total. The summed E-state index contributed by atoms with van der Waals surface area (Å²) in [6.45, 7) is 16.3. The van der Waals surface area contributed by atoms with Crippen molar-refractivity contribution in [2.75, 3.05) is 0 Å². The largest absolute Gasteiger partial charge is 1.00 e. The smallest absolute Gasteiger partial charge is 0.703 e. The Kier molecular flexibility index (Phi) is 11.7. The molecule has 6 nitrogen and oxygen atoms in total. The number of hydrogen-bond acceptors (Lipinski definition) is 4. The fourth-order valence-corrected chi connectivity index (χ4v) is 3.48. The monoisotopic (exact) mass is 567 g/mol. The number of hydrogen-bond donors (Lipinski definition) is 0. The van der Waals surface area contributed by atoms with Crippen molar-refractivity contribution in [3.05, 3.63) is 11.6 Å². The van der Waals surface area contributed by atoms with E-state index in [0.29, 0.717) is 10.3 Å². The topological polar surface area (TPSA) is 43.4 Å². The molecule has 0 radical (unpaired) electrons. The molecule has 2 aromatic rings. The Bertz CT molecular complexity index is 597. The molecule has 0 unspecified atom stereocenters. The third kappa shape index (κ3) is 5.72. The maximum absolute atomic E-state index is 5.12. The second-order valence-corrected chi connectivity index (χ2v) is 5.96. The Labute approximate surface area is 178 Å². The van der Waals surface area contributed by atoms with E-state index >= 15 is 0 Å². The third-order valence-electron chi connectivity index (χ3n) is 3.96. The van der Waals surface area contributed by atoms with Crippen molar-refractivity contribution in [2.45, 2.75) is 90.9 Å². The normalized spacial score (nSPS) is 10.2. The van der Waals surface area contributed by atoms with Gasteiger partial charge in [-0.25, -0.2) is 0 Å². The van der Waals surface area contributed by atoms with Gasteiger partial charge in [0.15, 0.2) is 10.3 Å². The van der Waals surface area contributed by atoms with Gasteiger partial charge < -0.3 is 25.3 Å². The summed E-state index contributed by atoms with van der Waals surface area (Å²) in [5.41, 5.74) is 0. The molecule has 0 amide bonds. The maximum Gasteiger partial charge on any atom is 1.00 e. The van der Waals surface area contributed by atoms with Crippen LogP contribution in [0.5, 0.6) is 0 Å². The van der Waals surface area contributed by atoms with Crippen LogP contribution in [0.4, 0.5) is 0 Å². The van der Waals surface area contributed by atoms with E-state index in [1.807, 2.05) is 9.36 Å². The molecule has 2 heterocycles. The van der Waals surface area contributed by atoms with Crippen molar-refractivity contribution in [3.63, 3.8) is 0 Å². The zero-order valence-electron chi connectivity index (χ0n) is 16.0. The van der Waals surface area contributed by atoms with Crippen LogP contribution in [0.1, 0.15) is 53.2 Å². The van der Waals surface area contributed by atoms with Crippen molar-refractivity contribution in [2.24, 2.45) is 0 Å². The number of nitrogens with zero attached hydrogens (tertiary/aromatic N) is 6. The Hall–Kier alpha value is -0.540. The second kappa shape index (κ2) is 12.0. The predicted octanol–water partition coefficient (Wildman–Crippen LogP) is 1.35. The van der Waals surface area contributed by atoms with Crippen molar-refractivity contribution in [3.8, 4) is 0 Å². The fraction of sp³-hybridized carbons (Fsp3) is 0.750. The first-order valence-electron chi connectivity index (χ1n) is 8.81. The van der Waals surface area contributed by atoms with Crippen LogP contribution >= 0.6 is 0 Å². The Balaban J connectivity index is 0.000000443. The summed E-state index contributed by atoms with van der Waals surface area (Å²) in [4.78, 5) is 0. The SMILES string of the molecule is CCc1n(CC)nc([S-])[n+]1CC.CCc1n(CC)nc([S-])[n+]1CC.[Au+]. The van der Waals surface area contributed by atoms with Gasteiger partial charge in [0.05, 0.1) is 13.1 Å². The summed E-state index contributed by atoms with van der Waals surface area (Å²) in [5.74, 6) is 2.45. The average Bonchev–Trinajstić information content (AvgIpc) is 3.09. The summed E-state index contributed by atoms with van der Waals surface area (Å²) in [5, 5.41) is 9.94. The van der Waals surface area contributed by atoms with Gasteiger partial charge in [-0.3, -0.25) is 9.13 Å². The molecule has 2 rings (SSSR count). The van der Waals surface area contributed by atoms with Gasteiger partial charge in [-0.1, -0.05) is 13.8 Å². The molecule has 25 heavy (non-hydrogen) atoms. The molecule has 0 fully saturated rings. The van der Waals surface area contributed by atoms with E-state index in [1.54, 1.807) is 0 Å². The van der Waals surface area contributed by atoms with Crippen LogP contribution in [-0.4, -0.2) is 19.6 Å². The van der Waals surface area contributed by atoms with Gasteiger partial charge in [-0.15, -0.1) is 9.36 Å². The molecule has 0 saturated carbocycles. The molecule has 146 valence electrons. The van der Waals surface area contributed by atoms with Gasteiger partial charge in [0, 0.05) is 23.0 Å². The number of aromatic nitrogens is 6. The Morgan fingerprint density at radius 3 is 1.24 bits per heavy atom. The van der Waals surface area contributed by atoms with Gasteiger partial charge in [0.2, 0.25) is 11.6 Å². The van der Waals surface area contributed by atoms with Crippen LogP contribution in [0.2, 0.25) is 0 Å². The first-order valence-corrected chi connectivity index (χ1v) is 9.63. The molecule has 0 atom stereocenters. The molecule has 0 spiro atoms. The van der Waals surface area contributed by atoms with Gasteiger partial charge in [0.25, 0.3) is 0 Å². The quantitative estimate of drug-likeness (QED) is 0.301. The molecule has 0 aliphatic carbocycles. The van der Waals surface area contributed by atoms with Gasteiger partial charge in [-0.05, 0) is 27.7 Å². The summed E-state index contributed by atoms with van der Waals surface area (Å²) in [6.07, 6.45) is 1.98. The van der Waals surface area contributed by atoms with Crippen LogP contribution in [0.15, 0.2) is 10.3 Å². The van der Waals surface area contributed by atoms with Crippen LogP contribution < -0.4 is 9.13 Å². The Morgan fingerprint density at radius 1 is 0.720 bits per heavy atom. The third-order valence-corrected chi connectivity index (χ3v) is 4.56. The first-order chi connectivity index (χ1) is 11.5. The molecule has 0 aliphatic heterocycles. The van der Waals surface area contributed by atoms with Crippen molar-refractivity contribution < 1.29 is 31.5 Å². The van der Waals surface area contributed by atoms with E-state index in [-0.39, 0.29) is 22.4 Å². The van der Waals surface area contributed by atoms with E-state index in [2.05, 4.69) is 60.9 Å².